The number of hydrogen-bond donors (Lipinski definition) is 2. The third-order valence-electron chi connectivity index (χ3n) is 2.29. The first-order valence-electron chi connectivity index (χ1n) is 5.13. The standard InChI is InChI=1S/C12H8BrClN2OS2/c13-6-1-2-8(7(5-6)11(15)18)16-12(17)9-3-4-10(14)19-9/h1-5H,(H2,15,18)(H,16,17). The molecule has 0 aliphatic rings. The highest BCUT2D eigenvalue weighted by Gasteiger charge is 2.12. The summed E-state index contributed by atoms with van der Waals surface area (Å²) < 4.78 is 1.41. The topological polar surface area (TPSA) is 55.1 Å². The normalized spacial score (nSPS) is 10.2. The molecule has 2 rings (SSSR count). The van der Waals surface area contributed by atoms with Gasteiger partial charge in [-0.25, -0.2) is 0 Å². The van der Waals surface area contributed by atoms with E-state index in [1.165, 1.54) is 11.3 Å². The lowest BCUT2D eigenvalue weighted by Crippen LogP contribution is -2.17. The van der Waals surface area contributed by atoms with E-state index in [-0.39, 0.29) is 10.9 Å². The van der Waals surface area contributed by atoms with Crippen molar-refractivity contribution in [1.82, 2.24) is 0 Å². The first kappa shape index (κ1) is 14.5. The van der Waals surface area contributed by atoms with Crippen molar-refractivity contribution in [2.45, 2.75) is 0 Å². The fourth-order valence-corrected chi connectivity index (χ4v) is 2.92. The number of rotatable bonds is 3. The minimum Gasteiger partial charge on any atom is -0.389 e. The number of carbonyl (C=O) groups excluding carboxylic acids is 1. The number of nitrogens with two attached hydrogens (primary N) is 1. The van der Waals surface area contributed by atoms with E-state index < -0.39 is 0 Å². The Hall–Kier alpha value is -0.950. The van der Waals surface area contributed by atoms with E-state index in [9.17, 15) is 4.79 Å². The fraction of sp³-hybridized carbons (Fsp3) is 0. The molecule has 1 amide bonds. The summed E-state index contributed by atoms with van der Waals surface area (Å²) in [4.78, 5) is 12.8. The van der Waals surface area contributed by atoms with E-state index in [0.717, 1.165) is 4.47 Å². The molecule has 2 aromatic rings. The van der Waals surface area contributed by atoms with E-state index >= 15 is 0 Å². The summed E-state index contributed by atoms with van der Waals surface area (Å²) >= 11 is 15.3. The molecule has 7 heteroatoms. The Morgan fingerprint density at radius 3 is 2.68 bits per heavy atom. The van der Waals surface area contributed by atoms with Gasteiger partial charge < -0.3 is 11.1 Å². The number of amides is 1. The van der Waals surface area contributed by atoms with Crippen LogP contribution in [0.15, 0.2) is 34.8 Å². The van der Waals surface area contributed by atoms with Gasteiger partial charge >= 0.3 is 0 Å². The lowest BCUT2D eigenvalue weighted by Gasteiger charge is -2.09. The highest BCUT2D eigenvalue weighted by atomic mass is 79.9. The molecule has 1 aromatic carbocycles. The second-order valence-electron chi connectivity index (χ2n) is 3.61. The van der Waals surface area contributed by atoms with Crippen LogP contribution in [0.25, 0.3) is 0 Å². The van der Waals surface area contributed by atoms with E-state index in [4.69, 9.17) is 29.6 Å². The highest BCUT2D eigenvalue weighted by Crippen LogP contribution is 2.25. The summed E-state index contributed by atoms with van der Waals surface area (Å²) in [6.45, 7) is 0. The first-order valence-corrected chi connectivity index (χ1v) is 7.53. The maximum absolute atomic E-state index is 12.0. The average Bonchev–Trinajstić information content (AvgIpc) is 2.78. The Balaban J connectivity index is 2.28. The van der Waals surface area contributed by atoms with Gasteiger partial charge in [-0.15, -0.1) is 11.3 Å². The fourth-order valence-electron chi connectivity index (χ4n) is 1.45. The Morgan fingerprint density at radius 1 is 1.37 bits per heavy atom. The smallest absolute Gasteiger partial charge is 0.265 e. The average molecular weight is 376 g/mol. The summed E-state index contributed by atoms with van der Waals surface area (Å²) in [5.74, 6) is -0.239. The van der Waals surface area contributed by atoms with Gasteiger partial charge in [0.25, 0.3) is 5.91 Å². The number of thiocarbonyl (C=S) groups is 1. The van der Waals surface area contributed by atoms with Gasteiger partial charge in [0.1, 0.15) is 4.99 Å². The number of anilines is 1. The molecule has 0 bridgehead atoms. The van der Waals surface area contributed by atoms with Gasteiger partial charge in [0.05, 0.1) is 14.9 Å². The Morgan fingerprint density at radius 2 is 2.11 bits per heavy atom. The van der Waals surface area contributed by atoms with Crippen LogP contribution in [0.3, 0.4) is 0 Å². The summed E-state index contributed by atoms with van der Waals surface area (Å²) in [6, 6.07) is 8.66. The predicted molar refractivity (Wildman–Crippen MR) is 87.3 cm³/mol. The van der Waals surface area contributed by atoms with E-state index in [1.807, 2.05) is 0 Å². The maximum Gasteiger partial charge on any atom is 0.265 e. The number of thiophene rings is 1. The molecule has 3 nitrogen and oxygen atoms in total. The van der Waals surface area contributed by atoms with Crippen LogP contribution in [0.1, 0.15) is 15.2 Å². The Bertz CT molecular complexity index is 657. The van der Waals surface area contributed by atoms with Gasteiger partial charge in [0.15, 0.2) is 0 Å². The molecular formula is C12H8BrClN2OS2. The molecule has 0 aliphatic heterocycles. The van der Waals surface area contributed by atoms with Gasteiger partial charge in [-0.2, -0.15) is 0 Å². The lowest BCUT2D eigenvalue weighted by atomic mass is 10.1. The molecule has 19 heavy (non-hydrogen) atoms. The Labute approximate surface area is 132 Å². The predicted octanol–water partition coefficient (Wildman–Crippen LogP) is 4.05. The van der Waals surface area contributed by atoms with Crippen molar-refractivity contribution in [3.8, 4) is 0 Å². The van der Waals surface area contributed by atoms with Crippen LogP contribution >= 0.6 is 51.1 Å². The molecule has 3 N–H and O–H groups in total. The molecule has 0 atom stereocenters. The molecule has 0 saturated heterocycles. The molecule has 98 valence electrons. The third kappa shape index (κ3) is 3.54. The quantitative estimate of drug-likeness (QED) is 0.796. The summed E-state index contributed by atoms with van der Waals surface area (Å²) in [6.07, 6.45) is 0. The minimum absolute atomic E-state index is 0.223. The van der Waals surface area contributed by atoms with Crippen molar-refractivity contribution < 1.29 is 4.79 Å². The van der Waals surface area contributed by atoms with E-state index in [1.54, 1.807) is 30.3 Å². The molecule has 1 heterocycles. The number of hydrogen-bond acceptors (Lipinski definition) is 3. The zero-order valence-electron chi connectivity index (χ0n) is 9.44. The molecule has 0 saturated carbocycles. The molecular weight excluding hydrogens is 368 g/mol. The van der Waals surface area contributed by atoms with Crippen molar-refractivity contribution >= 4 is 67.7 Å². The van der Waals surface area contributed by atoms with Crippen LogP contribution in [-0.4, -0.2) is 10.9 Å². The van der Waals surface area contributed by atoms with Gasteiger partial charge in [0.2, 0.25) is 0 Å². The van der Waals surface area contributed by atoms with Gasteiger partial charge in [0, 0.05) is 10.0 Å². The monoisotopic (exact) mass is 374 g/mol. The van der Waals surface area contributed by atoms with Crippen molar-refractivity contribution in [3.05, 3.63) is 49.6 Å². The molecule has 0 radical (unpaired) electrons. The van der Waals surface area contributed by atoms with E-state index in [0.29, 0.717) is 20.5 Å². The molecule has 0 fully saturated rings. The van der Waals surface area contributed by atoms with Gasteiger partial charge in [-0.3, -0.25) is 4.79 Å². The number of benzene rings is 1. The van der Waals surface area contributed by atoms with Crippen LogP contribution in [-0.2, 0) is 0 Å². The van der Waals surface area contributed by atoms with Crippen molar-refractivity contribution in [2.24, 2.45) is 5.73 Å². The van der Waals surface area contributed by atoms with Crippen molar-refractivity contribution in [3.63, 3.8) is 0 Å². The number of halogens is 2. The first-order chi connectivity index (χ1) is 8.97. The van der Waals surface area contributed by atoms with Crippen LogP contribution in [0, 0.1) is 0 Å². The SMILES string of the molecule is NC(=S)c1cc(Br)ccc1NC(=O)c1ccc(Cl)s1. The highest BCUT2D eigenvalue weighted by molar-refractivity contribution is 9.10. The van der Waals surface area contributed by atoms with Crippen LogP contribution in [0.2, 0.25) is 4.34 Å². The maximum atomic E-state index is 12.0. The zero-order valence-corrected chi connectivity index (χ0v) is 13.4. The molecule has 1 aromatic heterocycles. The number of nitrogens with one attached hydrogen (secondary N) is 1. The third-order valence-corrected chi connectivity index (χ3v) is 4.24. The summed E-state index contributed by atoms with van der Waals surface area (Å²) in [7, 11) is 0. The van der Waals surface area contributed by atoms with Crippen LogP contribution in [0.5, 0.6) is 0 Å². The van der Waals surface area contributed by atoms with Gasteiger partial charge in [-0.1, -0.05) is 39.7 Å². The summed E-state index contributed by atoms with van der Waals surface area (Å²) in [5, 5.41) is 2.77. The largest absolute Gasteiger partial charge is 0.389 e. The second kappa shape index (κ2) is 6.00. The van der Waals surface area contributed by atoms with E-state index in [2.05, 4.69) is 21.2 Å². The van der Waals surface area contributed by atoms with Crippen LogP contribution < -0.4 is 11.1 Å². The van der Waals surface area contributed by atoms with Gasteiger partial charge in [-0.05, 0) is 30.3 Å². The number of carbonyl (C=O) groups is 1. The Kier molecular flexibility index (Phi) is 4.57. The zero-order chi connectivity index (χ0) is 14.0. The lowest BCUT2D eigenvalue weighted by molar-refractivity contribution is 0.103. The summed E-state index contributed by atoms with van der Waals surface area (Å²) in [5.41, 5.74) is 6.83. The van der Waals surface area contributed by atoms with Crippen LogP contribution in [0.4, 0.5) is 5.69 Å². The molecule has 0 aliphatic carbocycles. The van der Waals surface area contributed by atoms with Crippen molar-refractivity contribution in [1.29, 1.82) is 0 Å². The molecule has 0 unspecified atom stereocenters. The molecule has 0 spiro atoms. The van der Waals surface area contributed by atoms with Crippen molar-refractivity contribution in [2.75, 3.05) is 5.32 Å². The second-order valence-corrected chi connectivity index (χ2v) is 6.68. The minimum atomic E-state index is -0.239.